The maximum absolute atomic E-state index is 5.47. The zero-order valence-electron chi connectivity index (χ0n) is 10.2. The lowest BCUT2D eigenvalue weighted by Gasteiger charge is -2.21. The molecule has 0 saturated heterocycles. The number of unbranched alkanes of at least 4 members (excludes halogenated alkanes) is 1. The number of methoxy groups -OCH3 is 2. The van der Waals surface area contributed by atoms with Crippen molar-refractivity contribution in [1.82, 2.24) is 4.90 Å². The van der Waals surface area contributed by atoms with Crippen molar-refractivity contribution in [3.8, 4) is 0 Å². The molecule has 0 rings (SSSR count). The van der Waals surface area contributed by atoms with Crippen LogP contribution in [0.4, 0.5) is 0 Å². The molecule has 0 aromatic carbocycles. The summed E-state index contributed by atoms with van der Waals surface area (Å²) in [7, 11) is 3.49. The second-order valence-corrected chi connectivity index (χ2v) is 3.68. The van der Waals surface area contributed by atoms with Crippen molar-refractivity contribution in [2.24, 2.45) is 5.73 Å². The third-order valence-electron chi connectivity index (χ3n) is 2.36. The van der Waals surface area contributed by atoms with Gasteiger partial charge in [-0.25, -0.2) is 0 Å². The molecule has 0 spiro atoms. The van der Waals surface area contributed by atoms with E-state index in [-0.39, 0.29) is 0 Å². The van der Waals surface area contributed by atoms with E-state index >= 15 is 0 Å². The molecule has 0 amide bonds. The van der Waals surface area contributed by atoms with Gasteiger partial charge in [-0.3, -0.25) is 0 Å². The molecule has 0 bridgehead atoms. The summed E-state index contributed by atoms with van der Waals surface area (Å²) in [4.78, 5) is 2.41. The first-order valence-corrected chi connectivity index (χ1v) is 5.75. The average Bonchev–Trinajstić information content (AvgIpc) is 2.25. The predicted molar refractivity (Wildman–Crippen MR) is 63.1 cm³/mol. The molecule has 0 heterocycles. The lowest BCUT2D eigenvalue weighted by Crippen LogP contribution is -2.30. The standard InChI is InChI=1S/C11H26N2O2/c1-14-10-5-8-13(9-11-15-2)7-4-3-6-12/h3-12H2,1-2H3. The fourth-order valence-electron chi connectivity index (χ4n) is 1.47. The topological polar surface area (TPSA) is 47.7 Å². The molecule has 0 unspecified atom stereocenters. The van der Waals surface area contributed by atoms with Gasteiger partial charge >= 0.3 is 0 Å². The average molecular weight is 218 g/mol. The Hall–Kier alpha value is -0.160. The van der Waals surface area contributed by atoms with Gasteiger partial charge in [-0.05, 0) is 32.4 Å². The summed E-state index contributed by atoms with van der Waals surface area (Å²) in [5.74, 6) is 0. The van der Waals surface area contributed by atoms with Crippen molar-refractivity contribution < 1.29 is 9.47 Å². The largest absolute Gasteiger partial charge is 0.385 e. The number of hydrogen-bond acceptors (Lipinski definition) is 4. The monoisotopic (exact) mass is 218 g/mol. The van der Waals surface area contributed by atoms with E-state index in [1.54, 1.807) is 14.2 Å². The highest BCUT2D eigenvalue weighted by Crippen LogP contribution is 1.97. The number of nitrogens with zero attached hydrogens (tertiary/aromatic N) is 1. The molecule has 0 aliphatic carbocycles. The zero-order chi connectivity index (χ0) is 11.4. The van der Waals surface area contributed by atoms with Crippen LogP contribution in [0.5, 0.6) is 0 Å². The summed E-state index contributed by atoms with van der Waals surface area (Å²) in [5.41, 5.74) is 5.47. The van der Waals surface area contributed by atoms with Crippen LogP contribution in [-0.4, -0.2) is 58.5 Å². The van der Waals surface area contributed by atoms with Gasteiger partial charge in [0.2, 0.25) is 0 Å². The van der Waals surface area contributed by atoms with E-state index in [1.165, 1.54) is 6.42 Å². The molecular weight excluding hydrogens is 192 g/mol. The van der Waals surface area contributed by atoms with Crippen LogP contribution in [0, 0.1) is 0 Å². The van der Waals surface area contributed by atoms with E-state index in [4.69, 9.17) is 15.2 Å². The molecular formula is C11H26N2O2. The van der Waals surface area contributed by atoms with Crippen LogP contribution < -0.4 is 5.73 Å². The third-order valence-corrected chi connectivity index (χ3v) is 2.36. The zero-order valence-corrected chi connectivity index (χ0v) is 10.2. The molecule has 15 heavy (non-hydrogen) atoms. The minimum Gasteiger partial charge on any atom is -0.385 e. The molecule has 92 valence electrons. The van der Waals surface area contributed by atoms with Crippen LogP contribution in [0.2, 0.25) is 0 Å². The van der Waals surface area contributed by atoms with Crippen molar-refractivity contribution in [3.05, 3.63) is 0 Å². The van der Waals surface area contributed by atoms with Gasteiger partial charge in [-0.15, -0.1) is 0 Å². The highest BCUT2D eigenvalue weighted by Gasteiger charge is 2.03. The van der Waals surface area contributed by atoms with Gasteiger partial charge in [-0.2, -0.15) is 0 Å². The Labute approximate surface area is 93.7 Å². The summed E-state index contributed by atoms with van der Waals surface area (Å²) in [6, 6.07) is 0. The number of rotatable bonds is 11. The molecule has 0 aromatic heterocycles. The second-order valence-electron chi connectivity index (χ2n) is 3.68. The van der Waals surface area contributed by atoms with Gasteiger partial charge in [0.25, 0.3) is 0 Å². The van der Waals surface area contributed by atoms with E-state index in [0.717, 1.165) is 52.2 Å². The van der Waals surface area contributed by atoms with Crippen LogP contribution in [0.3, 0.4) is 0 Å². The minimum absolute atomic E-state index is 0.788. The highest BCUT2D eigenvalue weighted by atomic mass is 16.5. The van der Waals surface area contributed by atoms with E-state index in [0.29, 0.717) is 0 Å². The van der Waals surface area contributed by atoms with Crippen molar-refractivity contribution >= 4 is 0 Å². The first kappa shape index (κ1) is 14.8. The van der Waals surface area contributed by atoms with E-state index in [1.807, 2.05) is 0 Å². The van der Waals surface area contributed by atoms with Crippen LogP contribution in [0.25, 0.3) is 0 Å². The number of hydrogen-bond donors (Lipinski definition) is 1. The SMILES string of the molecule is COCCCN(CCCCN)CCOC. The quantitative estimate of drug-likeness (QED) is 0.519. The Kier molecular flexibility index (Phi) is 11.8. The fourth-order valence-corrected chi connectivity index (χ4v) is 1.47. The Morgan fingerprint density at radius 1 is 0.867 bits per heavy atom. The lowest BCUT2D eigenvalue weighted by molar-refractivity contribution is 0.132. The maximum atomic E-state index is 5.47. The van der Waals surface area contributed by atoms with Crippen LogP contribution in [-0.2, 0) is 9.47 Å². The summed E-state index contributed by atoms with van der Waals surface area (Å²) >= 11 is 0. The first-order valence-electron chi connectivity index (χ1n) is 5.75. The summed E-state index contributed by atoms with van der Waals surface area (Å²) in [5, 5.41) is 0. The molecule has 0 saturated carbocycles. The van der Waals surface area contributed by atoms with Gasteiger partial charge in [-0.1, -0.05) is 0 Å². The summed E-state index contributed by atoms with van der Waals surface area (Å²) in [6.07, 6.45) is 3.36. The fraction of sp³-hybridized carbons (Fsp3) is 1.00. The molecule has 0 atom stereocenters. The normalized spacial score (nSPS) is 11.2. The van der Waals surface area contributed by atoms with Crippen molar-refractivity contribution in [2.45, 2.75) is 19.3 Å². The molecule has 0 radical (unpaired) electrons. The Balaban J connectivity index is 3.53. The van der Waals surface area contributed by atoms with Crippen LogP contribution >= 0.6 is 0 Å². The van der Waals surface area contributed by atoms with Gasteiger partial charge in [0, 0.05) is 33.9 Å². The minimum atomic E-state index is 0.788. The van der Waals surface area contributed by atoms with Crippen molar-refractivity contribution in [2.75, 3.05) is 53.6 Å². The Morgan fingerprint density at radius 3 is 2.13 bits per heavy atom. The summed E-state index contributed by atoms with van der Waals surface area (Å²) < 4.78 is 10.1. The number of nitrogens with two attached hydrogens (primary N) is 1. The Bertz CT molecular complexity index is 113. The van der Waals surface area contributed by atoms with Gasteiger partial charge in [0.1, 0.15) is 0 Å². The first-order chi connectivity index (χ1) is 7.35. The molecule has 0 aromatic rings. The molecule has 0 fully saturated rings. The number of ether oxygens (including phenoxy) is 2. The van der Waals surface area contributed by atoms with Crippen LogP contribution in [0.1, 0.15) is 19.3 Å². The molecule has 4 heteroatoms. The smallest absolute Gasteiger partial charge is 0.0589 e. The Morgan fingerprint density at radius 2 is 1.53 bits per heavy atom. The molecule has 0 aliphatic heterocycles. The third kappa shape index (κ3) is 10.1. The van der Waals surface area contributed by atoms with E-state index in [9.17, 15) is 0 Å². The van der Waals surface area contributed by atoms with Gasteiger partial charge in [0.05, 0.1) is 6.61 Å². The lowest BCUT2D eigenvalue weighted by atomic mass is 10.3. The second kappa shape index (κ2) is 11.9. The van der Waals surface area contributed by atoms with Crippen LogP contribution in [0.15, 0.2) is 0 Å². The summed E-state index contributed by atoms with van der Waals surface area (Å²) in [6.45, 7) is 5.63. The van der Waals surface area contributed by atoms with Gasteiger partial charge < -0.3 is 20.1 Å². The van der Waals surface area contributed by atoms with Gasteiger partial charge in [0.15, 0.2) is 0 Å². The molecule has 0 aliphatic rings. The molecule has 4 nitrogen and oxygen atoms in total. The maximum Gasteiger partial charge on any atom is 0.0589 e. The van der Waals surface area contributed by atoms with Crippen molar-refractivity contribution in [1.29, 1.82) is 0 Å². The van der Waals surface area contributed by atoms with E-state index in [2.05, 4.69) is 4.90 Å². The van der Waals surface area contributed by atoms with E-state index < -0.39 is 0 Å². The molecule has 2 N–H and O–H groups in total. The highest BCUT2D eigenvalue weighted by molar-refractivity contribution is 4.58. The predicted octanol–water partition coefficient (Wildman–Crippen LogP) is 0.710. The van der Waals surface area contributed by atoms with Crippen molar-refractivity contribution in [3.63, 3.8) is 0 Å².